The fraction of sp³-hybridized carbons (Fsp3) is 0.238. The third kappa shape index (κ3) is 4.32. The molecule has 2 aromatic heterocycles. The largest absolute Gasteiger partial charge is 0.495 e. The molecule has 4 aromatic rings. The number of nitrogens with zero attached hydrogens (tertiary/aromatic N) is 5. The van der Waals surface area contributed by atoms with Crippen molar-refractivity contribution in [2.45, 2.75) is 20.3 Å². The van der Waals surface area contributed by atoms with E-state index in [-0.39, 0.29) is 23.6 Å². The van der Waals surface area contributed by atoms with Crippen LogP contribution in [0.15, 0.2) is 36.4 Å². The third-order valence-corrected chi connectivity index (χ3v) is 5.73. The second kappa shape index (κ2) is 9.20. The van der Waals surface area contributed by atoms with Crippen LogP contribution in [0.3, 0.4) is 0 Å². The van der Waals surface area contributed by atoms with Crippen molar-refractivity contribution in [3.05, 3.63) is 57.9 Å². The highest BCUT2D eigenvalue weighted by atomic mass is 32.1. The maximum atomic E-state index is 12.9. The Morgan fingerprint density at radius 3 is 2.67 bits per heavy atom. The van der Waals surface area contributed by atoms with Crippen molar-refractivity contribution in [2.75, 3.05) is 19.0 Å². The van der Waals surface area contributed by atoms with E-state index in [9.17, 15) is 14.9 Å². The summed E-state index contributed by atoms with van der Waals surface area (Å²) in [4.78, 5) is 24.4. The minimum Gasteiger partial charge on any atom is -0.495 e. The zero-order valence-corrected chi connectivity index (χ0v) is 18.9. The van der Waals surface area contributed by atoms with Gasteiger partial charge in [0, 0.05) is 23.6 Å². The van der Waals surface area contributed by atoms with Crippen LogP contribution in [0.4, 0.5) is 11.4 Å². The van der Waals surface area contributed by atoms with Crippen LogP contribution in [0, 0.1) is 10.1 Å². The molecule has 0 aliphatic heterocycles. The van der Waals surface area contributed by atoms with E-state index >= 15 is 0 Å². The molecule has 0 aliphatic rings. The summed E-state index contributed by atoms with van der Waals surface area (Å²) < 4.78 is 12.4. The molecular weight excluding hydrogens is 448 g/mol. The number of amides is 1. The SMILES string of the molecule is CCOc1ccc(C(=O)Nc2cc(-c3nn4c(CC)nnc4s3)ccc2OC)cc1[N+](=O)[O-]. The molecule has 170 valence electrons. The molecule has 0 atom stereocenters. The van der Waals surface area contributed by atoms with E-state index < -0.39 is 10.8 Å². The topological polar surface area (TPSA) is 134 Å². The maximum absolute atomic E-state index is 12.9. The Balaban J connectivity index is 1.66. The number of fused-ring (bicyclic) bond motifs is 1. The predicted octanol–water partition coefficient (Wildman–Crippen LogP) is 3.98. The zero-order valence-electron chi connectivity index (χ0n) is 18.1. The summed E-state index contributed by atoms with van der Waals surface area (Å²) in [7, 11) is 1.49. The van der Waals surface area contributed by atoms with Gasteiger partial charge in [-0.05, 0) is 37.3 Å². The van der Waals surface area contributed by atoms with Crippen LogP contribution in [-0.2, 0) is 6.42 Å². The summed E-state index contributed by atoms with van der Waals surface area (Å²) in [6.07, 6.45) is 0.697. The minimum absolute atomic E-state index is 0.105. The number of hydrogen-bond donors (Lipinski definition) is 1. The third-order valence-electron chi connectivity index (χ3n) is 4.78. The fourth-order valence-electron chi connectivity index (χ4n) is 3.21. The number of carbonyl (C=O) groups excluding carboxylic acids is 1. The van der Waals surface area contributed by atoms with Gasteiger partial charge in [-0.25, -0.2) is 0 Å². The molecule has 33 heavy (non-hydrogen) atoms. The number of rotatable bonds is 8. The number of nitro benzene ring substituents is 1. The van der Waals surface area contributed by atoms with E-state index in [1.54, 1.807) is 23.6 Å². The van der Waals surface area contributed by atoms with E-state index in [2.05, 4.69) is 20.6 Å². The number of anilines is 1. The van der Waals surface area contributed by atoms with Crippen molar-refractivity contribution in [3.8, 4) is 22.1 Å². The highest BCUT2D eigenvalue weighted by Gasteiger charge is 2.20. The molecule has 0 fully saturated rings. The molecule has 0 bridgehead atoms. The van der Waals surface area contributed by atoms with Crippen LogP contribution < -0.4 is 14.8 Å². The summed E-state index contributed by atoms with van der Waals surface area (Å²) in [5, 5.41) is 27.7. The summed E-state index contributed by atoms with van der Waals surface area (Å²) >= 11 is 1.37. The lowest BCUT2D eigenvalue weighted by Crippen LogP contribution is -2.13. The summed E-state index contributed by atoms with van der Waals surface area (Å²) in [5.74, 6) is 0.771. The highest BCUT2D eigenvalue weighted by Crippen LogP contribution is 2.34. The van der Waals surface area contributed by atoms with Gasteiger partial charge in [-0.3, -0.25) is 14.9 Å². The number of aromatic nitrogens is 4. The van der Waals surface area contributed by atoms with E-state index in [1.807, 2.05) is 13.0 Å². The number of hydrogen-bond acceptors (Lipinski definition) is 9. The number of aryl methyl sites for hydroxylation is 1. The standard InChI is InChI=1S/C21H20N6O5S/c1-4-18-23-24-21-26(18)25-20(33-21)13-7-8-16(31-3)14(10-13)22-19(28)12-6-9-17(32-5-2)15(11-12)27(29)30/h6-11H,4-5H2,1-3H3,(H,22,28). The number of ether oxygens (including phenoxy) is 2. The molecule has 0 unspecified atom stereocenters. The second-order valence-electron chi connectivity index (χ2n) is 6.81. The molecule has 0 aliphatic carbocycles. The van der Waals surface area contributed by atoms with E-state index in [0.717, 1.165) is 11.4 Å². The quantitative estimate of drug-likeness (QED) is 0.303. The molecule has 0 saturated carbocycles. The smallest absolute Gasteiger partial charge is 0.311 e. The molecule has 12 heteroatoms. The van der Waals surface area contributed by atoms with Crippen LogP contribution >= 0.6 is 11.3 Å². The lowest BCUT2D eigenvalue weighted by molar-refractivity contribution is -0.385. The Hall–Kier alpha value is -4.06. The monoisotopic (exact) mass is 468 g/mol. The van der Waals surface area contributed by atoms with Gasteiger partial charge in [0.25, 0.3) is 5.91 Å². The normalized spacial score (nSPS) is 10.9. The molecule has 1 amide bonds. The molecule has 0 spiro atoms. The first kappa shape index (κ1) is 22.1. The Morgan fingerprint density at radius 1 is 1.18 bits per heavy atom. The first-order chi connectivity index (χ1) is 15.9. The van der Waals surface area contributed by atoms with Crippen molar-refractivity contribution in [1.82, 2.24) is 19.8 Å². The average Bonchev–Trinajstić information content (AvgIpc) is 3.40. The summed E-state index contributed by atoms with van der Waals surface area (Å²) in [6.45, 7) is 3.97. The molecular formula is C21H20N6O5S. The summed E-state index contributed by atoms with van der Waals surface area (Å²) in [6, 6.07) is 9.35. The maximum Gasteiger partial charge on any atom is 0.311 e. The minimum atomic E-state index is -0.582. The number of nitro groups is 1. The van der Waals surface area contributed by atoms with Gasteiger partial charge in [0.05, 0.1) is 24.3 Å². The van der Waals surface area contributed by atoms with E-state index in [1.165, 1.54) is 36.6 Å². The first-order valence-electron chi connectivity index (χ1n) is 10.1. The lowest BCUT2D eigenvalue weighted by Gasteiger charge is -2.12. The lowest BCUT2D eigenvalue weighted by atomic mass is 10.1. The van der Waals surface area contributed by atoms with Crippen molar-refractivity contribution in [3.63, 3.8) is 0 Å². The molecule has 2 heterocycles. The molecule has 11 nitrogen and oxygen atoms in total. The fourth-order valence-corrected chi connectivity index (χ4v) is 4.06. The molecule has 0 radical (unpaired) electrons. The molecule has 1 N–H and O–H groups in total. The zero-order chi connectivity index (χ0) is 23.5. The van der Waals surface area contributed by atoms with Gasteiger partial charge in [0.15, 0.2) is 11.6 Å². The molecule has 2 aromatic carbocycles. The van der Waals surface area contributed by atoms with Crippen molar-refractivity contribution in [1.29, 1.82) is 0 Å². The van der Waals surface area contributed by atoms with Gasteiger partial charge < -0.3 is 14.8 Å². The van der Waals surface area contributed by atoms with Gasteiger partial charge >= 0.3 is 5.69 Å². The van der Waals surface area contributed by atoms with E-state index in [4.69, 9.17) is 9.47 Å². The Morgan fingerprint density at radius 2 is 1.97 bits per heavy atom. The molecule has 4 rings (SSSR count). The molecule has 0 saturated heterocycles. The van der Waals surface area contributed by atoms with Crippen LogP contribution in [0.25, 0.3) is 15.5 Å². The van der Waals surface area contributed by atoms with Crippen molar-refractivity contribution < 1.29 is 19.2 Å². The van der Waals surface area contributed by atoms with E-state index in [0.29, 0.717) is 27.8 Å². The van der Waals surface area contributed by atoms with Crippen molar-refractivity contribution >= 4 is 33.6 Å². The average molecular weight is 468 g/mol. The number of nitrogens with one attached hydrogen (secondary N) is 1. The first-order valence-corrected chi connectivity index (χ1v) is 10.9. The Labute approximate surface area is 192 Å². The van der Waals surface area contributed by atoms with Gasteiger partial charge in [0.2, 0.25) is 4.96 Å². The van der Waals surface area contributed by atoms with Crippen LogP contribution in [0.1, 0.15) is 30.0 Å². The number of carbonyl (C=O) groups is 1. The van der Waals surface area contributed by atoms with Crippen LogP contribution in [0.2, 0.25) is 0 Å². The predicted molar refractivity (Wildman–Crippen MR) is 122 cm³/mol. The van der Waals surface area contributed by atoms with Gasteiger partial charge in [-0.15, -0.1) is 10.2 Å². The number of benzene rings is 2. The van der Waals surface area contributed by atoms with Gasteiger partial charge in [-0.1, -0.05) is 18.3 Å². The van der Waals surface area contributed by atoms with Crippen LogP contribution in [-0.4, -0.2) is 44.4 Å². The van der Waals surface area contributed by atoms with Crippen molar-refractivity contribution in [2.24, 2.45) is 0 Å². The second-order valence-corrected chi connectivity index (χ2v) is 7.77. The highest BCUT2D eigenvalue weighted by molar-refractivity contribution is 7.19. The van der Waals surface area contributed by atoms with Crippen LogP contribution in [0.5, 0.6) is 11.5 Å². The summed E-state index contributed by atoms with van der Waals surface area (Å²) in [5.41, 5.74) is 0.986. The number of methoxy groups -OCH3 is 1. The Bertz CT molecular complexity index is 1350. The van der Waals surface area contributed by atoms with Gasteiger partial charge in [0.1, 0.15) is 10.8 Å². The van der Waals surface area contributed by atoms with Gasteiger partial charge in [-0.2, -0.15) is 9.61 Å². The Kier molecular flexibility index (Phi) is 6.18.